The lowest BCUT2D eigenvalue weighted by Crippen LogP contribution is -2.34. The minimum Gasteiger partial charge on any atom is -0.398 e. The highest BCUT2D eigenvalue weighted by atomic mass is 16.2. The molecule has 0 saturated heterocycles. The monoisotopic (exact) mass is 218 g/mol. The lowest BCUT2D eigenvalue weighted by atomic mass is 9.85. The second-order valence-corrected chi connectivity index (χ2v) is 4.57. The van der Waals surface area contributed by atoms with Crippen LogP contribution in [0.1, 0.15) is 29.6 Å². The summed E-state index contributed by atoms with van der Waals surface area (Å²) in [7, 11) is 1.85. The van der Waals surface area contributed by atoms with Crippen molar-refractivity contribution >= 4 is 11.6 Å². The zero-order chi connectivity index (χ0) is 11.5. The van der Waals surface area contributed by atoms with Gasteiger partial charge in [0, 0.05) is 19.3 Å². The molecule has 1 aromatic carbocycles. The van der Waals surface area contributed by atoms with Gasteiger partial charge in [-0.3, -0.25) is 4.79 Å². The summed E-state index contributed by atoms with van der Waals surface area (Å²) in [4.78, 5) is 13.9. The van der Waals surface area contributed by atoms with Crippen LogP contribution in [0.2, 0.25) is 0 Å². The van der Waals surface area contributed by atoms with Crippen LogP contribution in [-0.2, 0) is 0 Å². The van der Waals surface area contributed by atoms with Gasteiger partial charge in [0.1, 0.15) is 0 Å². The lowest BCUT2D eigenvalue weighted by molar-refractivity contribution is 0.0746. The fraction of sp³-hybridized carbons (Fsp3) is 0.462. The van der Waals surface area contributed by atoms with Crippen LogP contribution in [0, 0.1) is 5.92 Å². The van der Waals surface area contributed by atoms with E-state index in [9.17, 15) is 4.79 Å². The number of anilines is 1. The molecule has 1 fully saturated rings. The number of nitrogen functional groups attached to an aromatic ring is 1. The van der Waals surface area contributed by atoms with E-state index >= 15 is 0 Å². The Morgan fingerprint density at radius 3 is 2.69 bits per heavy atom. The number of carbonyl (C=O) groups is 1. The normalized spacial score (nSPS) is 15.6. The topological polar surface area (TPSA) is 46.3 Å². The van der Waals surface area contributed by atoms with Crippen molar-refractivity contribution in [3.63, 3.8) is 0 Å². The van der Waals surface area contributed by atoms with E-state index in [0.717, 1.165) is 6.54 Å². The number of para-hydroxylation sites is 1. The Labute approximate surface area is 96.2 Å². The molecule has 0 unspecified atom stereocenters. The Morgan fingerprint density at radius 1 is 1.44 bits per heavy atom. The lowest BCUT2D eigenvalue weighted by Gasteiger charge is -2.30. The van der Waals surface area contributed by atoms with Gasteiger partial charge in [-0.1, -0.05) is 18.6 Å². The molecule has 1 aliphatic rings. The molecule has 0 radical (unpaired) electrons. The SMILES string of the molecule is CN(CC1CCC1)C(=O)c1ccccc1N. The Bertz CT molecular complexity index is 385. The first-order valence-corrected chi connectivity index (χ1v) is 5.78. The molecule has 0 aliphatic heterocycles. The smallest absolute Gasteiger partial charge is 0.255 e. The molecule has 0 heterocycles. The molecular weight excluding hydrogens is 200 g/mol. The second-order valence-electron chi connectivity index (χ2n) is 4.57. The third-order valence-electron chi connectivity index (χ3n) is 3.29. The molecule has 0 atom stereocenters. The molecule has 1 aliphatic carbocycles. The molecule has 0 aromatic heterocycles. The minimum atomic E-state index is 0.0324. The second kappa shape index (κ2) is 4.56. The van der Waals surface area contributed by atoms with Crippen molar-refractivity contribution in [3.05, 3.63) is 29.8 Å². The van der Waals surface area contributed by atoms with E-state index in [-0.39, 0.29) is 5.91 Å². The largest absolute Gasteiger partial charge is 0.398 e. The average Bonchev–Trinajstić information content (AvgIpc) is 2.23. The minimum absolute atomic E-state index is 0.0324. The first kappa shape index (κ1) is 11.0. The Morgan fingerprint density at radius 2 is 2.12 bits per heavy atom. The van der Waals surface area contributed by atoms with Gasteiger partial charge in [-0.05, 0) is 30.9 Å². The van der Waals surface area contributed by atoms with E-state index in [1.54, 1.807) is 17.0 Å². The summed E-state index contributed by atoms with van der Waals surface area (Å²) in [6, 6.07) is 7.25. The van der Waals surface area contributed by atoms with Gasteiger partial charge in [0.05, 0.1) is 5.56 Å². The van der Waals surface area contributed by atoms with Crippen molar-refractivity contribution in [3.8, 4) is 0 Å². The maximum absolute atomic E-state index is 12.1. The van der Waals surface area contributed by atoms with Crippen molar-refractivity contribution in [1.82, 2.24) is 4.90 Å². The molecule has 0 bridgehead atoms. The van der Waals surface area contributed by atoms with Crippen LogP contribution in [0.15, 0.2) is 24.3 Å². The number of hydrogen-bond donors (Lipinski definition) is 1. The van der Waals surface area contributed by atoms with Gasteiger partial charge in [0.15, 0.2) is 0 Å². The molecule has 2 rings (SSSR count). The zero-order valence-corrected chi connectivity index (χ0v) is 9.65. The molecule has 3 heteroatoms. The highest BCUT2D eigenvalue weighted by Crippen LogP contribution is 2.27. The van der Waals surface area contributed by atoms with Crippen LogP contribution in [0.5, 0.6) is 0 Å². The van der Waals surface area contributed by atoms with Crippen molar-refractivity contribution in [1.29, 1.82) is 0 Å². The predicted molar refractivity (Wildman–Crippen MR) is 65.2 cm³/mol. The van der Waals surface area contributed by atoms with E-state index in [4.69, 9.17) is 5.73 Å². The Kier molecular flexibility index (Phi) is 3.13. The number of nitrogens with two attached hydrogens (primary N) is 1. The number of nitrogens with zero attached hydrogens (tertiary/aromatic N) is 1. The van der Waals surface area contributed by atoms with Crippen LogP contribution in [0.4, 0.5) is 5.69 Å². The fourth-order valence-corrected chi connectivity index (χ4v) is 2.04. The van der Waals surface area contributed by atoms with Gasteiger partial charge in [-0.2, -0.15) is 0 Å². The fourth-order valence-electron chi connectivity index (χ4n) is 2.04. The summed E-state index contributed by atoms with van der Waals surface area (Å²) in [5.41, 5.74) is 6.97. The van der Waals surface area contributed by atoms with Crippen LogP contribution in [0.3, 0.4) is 0 Å². The summed E-state index contributed by atoms with van der Waals surface area (Å²) in [6.45, 7) is 0.854. The number of rotatable bonds is 3. The highest BCUT2D eigenvalue weighted by molar-refractivity contribution is 5.98. The van der Waals surface area contributed by atoms with Gasteiger partial charge in [0.25, 0.3) is 5.91 Å². The summed E-state index contributed by atoms with van der Waals surface area (Å²) >= 11 is 0. The van der Waals surface area contributed by atoms with Gasteiger partial charge in [-0.25, -0.2) is 0 Å². The zero-order valence-electron chi connectivity index (χ0n) is 9.65. The predicted octanol–water partition coefficient (Wildman–Crippen LogP) is 2.14. The number of benzene rings is 1. The first-order chi connectivity index (χ1) is 7.68. The highest BCUT2D eigenvalue weighted by Gasteiger charge is 2.22. The molecule has 0 spiro atoms. The van der Waals surface area contributed by atoms with E-state index in [1.165, 1.54) is 19.3 Å². The van der Waals surface area contributed by atoms with Crippen LogP contribution in [0.25, 0.3) is 0 Å². The van der Waals surface area contributed by atoms with Gasteiger partial charge >= 0.3 is 0 Å². The number of amides is 1. The van der Waals surface area contributed by atoms with Crippen molar-refractivity contribution in [2.24, 2.45) is 5.92 Å². The number of hydrogen-bond acceptors (Lipinski definition) is 2. The van der Waals surface area contributed by atoms with E-state index in [2.05, 4.69) is 0 Å². The van der Waals surface area contributed by atoms with Crippen molar-refractivity contribution in [2.45, 2.75) is 19.3 Å². The number of carbonyl (C=O) groups excluding carboxylic acids is 1. The Hall–Kier alpha value is -1.51. The van der Waals surface area contributed by atoms with Crippen molar-refractivity contribution < 1.29 is 4.79 Å². The summed E-state index contributed by atoms with van der Waals surface area (Å²) in [6.07, 6.45) is 3.81. The van der Waals surface area contributed by atoms with Gasteiger partial charge < -0.3 is 10.6 Å². The van der Waals surface area contributed by atoms with E-state index < -0.39 is 0 Å². The summed E-state index contributed by atoms with van der Waals surface area (Å²) in [5.74, 6) is 0.726. The molecule has 1 saturated carbocycles. The quantitative estimate of drug-likeness (QED) is 0.790. The maximum Gasteiger partial charge on any atom is 0.255 e. The molecule has 86 valence electrons. The third-order valence-corrected chi connectivity index (χ3v) is 3.29. The Balaban J connectivity index is 2.03. The average molecular weight is 218 g/mol. The van der Waals surface area contributed by atoms with Crippen LogP contribution < -0.4 is 5.73 Å². The first-order valence-electron chi connectivity index (χ1n) is 5.78. The van der Waals surface area contributed by atoms with Crippen LogP contribution >= 0.6 is 0 Å². The molecule has 2 N–H and O–H groups in total. The molecule has 3 nitrogen and oxygen atoms in total. The molecule has 1 aromatic rings. The van der Waals surface area contributed by atoms with E-state index in [1.807, 2.05) is 19.2 Å². The third kappa shape index (κ3) is 2.18. The molecule has 1 amide bonds. The summed E-state index contributed by atoms with van der Waals surface area (Å²) in [5, 5.41) is 0. The summed E-state index contributed by atoms with van der Waals surface area (Å²) < 4.78 is 0. The standard InChI is InChI=1S/C13H18N2O/c1-15(9-10-5-4-6-10)13(16)11-7-2-3-8-12(11)14/h2-3,7-8,10H,4-6,9,14H2,1H3. The maximum atomic E-state index is 12.1. The van der Waals surface area contributed by atoms with Gasteiger partial charge in [0.2, 0.25) is 0 Å². The molecule has 16 heavy (non-hydrogen) atoms. The van der Waals surface area contributed by atoms with Crippen LogP contribution in [-0.4, -0.2) is 24.4 Å². The van der Waals surface area contributed by atoms with E-state index in [0.29, 0.717) is 17.2 Å². The molecular formula is C13H18N2O. The van der Waals surface area contributed by atoms with Gasteiger partial charge in [-0.15, -0.1) is 0 Å². The van der Waals surface area contributed by atoms with Crippen molar-refractivity contribution in [2.75, 3.05) is 19.3 Å².